The van der Waals surface area contributed by atoms with Crippen LogP contribution in [0, 0.1) is 17.3 Å². The topological polar surface area (TPSA) is 0 Å². The molecule has 12 heavy (non-hydrogen) atoms. The predicted octanol–water partition coefficient (Wildman–Crippen LogP) is 4.25. The molecule has 1 saturated carbocycles. The highest BCUT2D eigenvalue weighted by atomic mass is 14.5. The Bertz CT molecular complexity index is 135. The van der Waals surface area contributed by atoms with E-state index in [-0.39, 0.29) is 0 Å². The monoisotopic (exact) mass is 168 g/mol. The second-order valence-corrected chi connectivity index (χ2v) is 4.87. The molecule has 1 aliphatic carbocycles. The van der Waals surface area contributed by atoms with Crippen LogP contribution < -0.4 is 0 Å². The zero-order chi connectivity index (χ0) is 9.19. The molecule has 0 amide bonds. The van der Waals surface area contributed by atoms with Crippen molar-refractivity contribution in [1.82, 2.24) is 0 Å². The fraction of sp³-hybridized carbons (Fsp3) is 1.00. The Kier molecular flexibility index (Phi) is 3.20. The summed E-state index contributed by atoms with van der Waals surface area (Å²) in [6.07, 6.45) is 7.20. The first-order valence-corrected chi connectivity index (χ1v) is 5.64. The van der Waals surface area contributed by atoms with E-state index in [4.69, 9.17) is 0 Å². The van der Waals surface area contributed by atoms with Gasteiger partial charge in [0.25, 0.3) is 0 Å². The lowest BCUT2D eigenvalue weighted by molar-refractivity contribution is 0.354. The van der Waals surface area contributed by atoms with Gasteiger partial charge in [-0.25, -0.2) is 0 Å². The Morgan fingerprint density at radius 2 is 2.00 bits per heavy atom. The van der Waals surface area contributed by atoms with E-state index in [1.165, 1.54) is 32.1 Å². The summed E-state index contributed by atoms with van der Waals surface area (Å²) in [4.78, 5) is 0. The molecule has 0 heteroatoms. The van der Waals surface area contributed by atoms with Crippen molar-refractivity contribution < 1.29 is 0 Å². The van der Waals surface area contributed by atoms with Crippen molar-refractivity contribution in [3.05, 3.63) is 0 Å². The summed E-state index contributed by atoms with van der Waals surface area (Å²) >= 11 is 0. The molecule has 0 spiro atoms. The summed E-state index contributed by atoms with van der Waals surface area (Å²) in [7, 11) is 0. The first kappa shape index (κ1) is 10.1. The van der Waals surface area contributed by atoms with Gasteiger partial charge < -0.3 is 0 Å². The van der Waals surface area contributed by atoms with E-state index in [1.54, 1.807) is 0 Å². The van der Waals surface area contributed by atoms with Crippen LogP contribution in [-0.2, 0) is 0 Å². The third-order valence-corrected chi connectivity index (χ3v) is 4.13. The van der Waals surface area contributed by atoms with Crippen LogP contribution >= 0.6 is 0 Å². The molecule has 0 saturated heterocycles. The maximum atomic E-state index is 2.42. The van der Waals surface area contributed by atoms with Crippen LogP contribution in [0.5, 0.6) is 0 Å². The fourth-order valence-electron chi connectivity index (χ4n) is 2.31. The van der Waals surface area contributed by atoms with E-state index in [0.29, 0.717) is 0 Å². The lowest BCUT2D eigenvalue weighted by atomic mass is 9.89. The lowest BCUT2D eigenvalue weighted by Crippen LogP contribution is -2.04. The number of hydrogen-bond donors (Lipinski definition) is 0. The maximum Gasteiger partial charge on any atom is -0.0271 e. The van der Waals surface area contributed by atoms with Crippen molar-refractivity contribution in [2.75, 3.05) is 0 Å². The second kappa shape index (κ2) is 3.81. The van der Waals surface area contributed by atoms with Crippen LogP contribution in [0.4, 0.5) is 0 Å². The van der Waals surface area contributed by atoms with E-state index in [9.17, 15) is 0 Å². The Morgan fingerprint density at radius 3 is 2.33 bits per heavy atom. The van der Waals surface area contributed by atoms with Gasteiger partial charge in [-0.2, -0.15) is 0 Å². The van der Waals surface area contributed by atoms with Gasteiger partial charge in [-0.15, -0.1) is 0 Å². The summed E-state index contributed by atoms with van der Waals surface area (Å²) in [5.41, 5.74) is 0.781. The van der Waals surface area contributed by atoms with E-state index >= 15 is 0 Å². The van der Waals surface area contributed by atoms with Crippen LogP contribution in [0.15, 0.2) is 0 Å². The van der Waals surface area contributed by atoms with Crippen molar-refractivity contribution in [2.24, 2.45) is 17.3 Å². The first-order valence-electron chi connectivity index (χ1n) is 5.64. The predicted molar refractivity (Wildman–Crippen MR) is 55.2 cm³/mol. The third-order valence-electron chi connectivity index (χ3n) is 4.13. The van der Waals surface area contributed by atoms with Gasteiger partial charge >= 0.3 is 0 Å². The standard InChI is InChI=1S/C12H24/c1-5-10(3)7-8-12(6-2)9-11(12)4/h10-11H,5-9H2,1-4H3. The summed E-state index contributed by atoms with van der Waals surface area (Å²) < 4.78 is 0. The van der Waals surface area contributed by atoms with Crippen LogP contribution in [0.1, 0.15) is 59.8 Å². The molecule has 1 rings (SSSR count). The van der Waals surface area contributed by atoms with E-state index < -0.39 is 0 Å². The molecule has 1 aliphatic rings. The van der Waals surface area contributed by atoms with Gasteiger partial charge in [0, 0.05) is 0 Å². The second-order valence-electron chi connectivity index (χ2n) is 4.87. The largest absolute Gasteiger partial charge is 0.0651 e. The molecule has 0 aliphatic heterocycles. The zero-order valence-corrected chi connectivity index (χ0v) is 9.19. The Labute approximate surface area is 77.7 Å². The van der Waals surface area contributed by atoms with Crippen LogP contribution in [0.3, 0.4) is 0 Å². The van der Waals surface area contributed by atoms with Crippen molar-refractivity contribution in [1.29, 1.82) is 0 Å². The molecule has 0 nitrogen and oxygen atoms in total. The Hall–Kier alpha value is 0. The normalized spacial score (nSPS) is 36.5. The number of hydrogen-bond acceptors (Lipinski definition) is 0. The molecule has 0 radical (unpaired) electrons. The molecule has 72 valence electrons. The van der Waals surface area contributed by atoms with Gasteiger partial charge in [0.15, 0.2) is 0 Å². The first-order chi connectivity index (χ1) is 5.64. The van der Waals surface area contributed by atoms with Gasteiger partial charge in [0.1, 0.15) is 0 Å². The molecule has 0 heterocycles. The minimum atomic E-state index is 0.781. The Balaban J connectivity index is 2.22. The van der Waals surface area contributed by atoms with Crippen molar-refractivity contribution in [3.8, 4) is 0 Å². The van der Waals surface area contributed by atoms with Crippen LogP contribution in [0.25, 0.3) is 0 Å². The van der Waals surface area contributed by atoms with Gasteiger partial charge in [-0.1, -0.05) is 47.0 Å². The summed E-state index contributed by atoms with van der Waals surface area (Å²) in [5, 5.41) is 0. The van der Waals surface area contributed by atoms with E-state index in [1.807, 2.05) is 0 Å². The summed E-state index contributed by atoms with van der Waals surface area (Å²) in [6.45, 7) is 9.47. The molecule has 1 fully saturated rings. The maximum absolute atomic E-state index is 2.42. The van der Waals surface area contributed by atoms with Crippen molar-refractivity contribution in [3.63, 3.8) is 0 Å². The molecule has 0 bridgehead atoms. The zero-order valence-electron chi connectivity index (χ0n) is 9.19. The number of rotatable bonds is 5. The highest BCUT2D eigenvalue weighted by Crippen LogP contribution is 2.58. The van der Waals surface area contributed by atoms with Gasteiger partial charge in [-0.05, 0) is 30.1 Å². The Morgan fingerprint density at radius 1 is 1.42 bits per heavy atom. The van der Waals surface area contributed by atoms with Crippen molar-refractivity contribution in [2.45, 2.75) is 59.8 Å². The molecule has 0 aromatic heterocycles. The molecule has 3 unspecified atom stereocenters. The summed E-state index contributed by atoms with van der Waals surface area (Å²) in [6, 6.07) is 0. The van der Waals surface area contributed by atoms with Gasteiger partial charge in [0.2, 0.25) is 0 Å². The van der Waals surface area contributed by atoms with Crippen LogP contribution in [0.2, 0.25) is 0 Å². The minimum Gasteiger partial charge on any atom is -0.0651 e. The summed E-state index contributed by atoms with van der Waals surface area (Å²) in [5.74, 6) is 1.97. The molecular weight excluding hydrogens is 144 g/mol. The van der Waals surface area contributed by atoms with E-state index in [0.717, 1.165) is 17.3 Å². The third kappa shape index (κ3) is 2.02. The quantitative estimate of drug-likeness (QED) is 0.575. The molecule has 0 aromatic carbocycles. The van der Waals surface area contributed by atoms with E-state index in [2.05, 4.69) is 27.7 Å². The average Bonchev–Trinajstić information content (AvgIpc) is 2.74. The molecular formula is C12H24. The molecule has 3 atom stereocenters. The van der Waals surface area contributed by atoms with Gasteiger partial charge in [0.05, 0.1) is 0 Å². The molecule has 0 N–H and O–H groups in total. The van der Waals surface area contributed by atoms with Gasteiger partial charge in [-0.3, -0.25) is 0 Å². The minimum absolute atomic E-state index is 0.781. The SMILES string of the molecule is CCC(C)CCC1(CC)CC1C. The lowest BCUT2D eigenvalue weighted by Gasteiger charge is -2.16. The smallest absolute Gasteiger partial charge is 0.0271 e. The highest BCUT2D eigenvalue weighted by Gasteiger charge is 2.48. The molecule has 0 aromatic rings. The van der Waals surface area contributed by atoms with Crippen LogP contribution in [-0.4, -0.2) is 0 Å². The fourth-order valence-corrected chi connectivity index (χ4v) is 2.31. The van der Waals surface area contributed by atoms with Crippen molar-refractivity contribution >= 4 is 0 Å². The average molecular weight is 168 g/mol. The highest BCUT2D eigenvalue weighted by molar-refractivity contribution is 4.98.